The number of rotatable bonds is 2. The Morgan fingerprint density at radius 1 is 1.45 bits per heavy atom. The van der Waals surface area contributed by atoms with Crippen LogP contribution in [0.15, 0.2) is 18.2 Å². The molecule has 1 saturated heterocycles. The van der Waals surface area contributed by atoms with Crippen molar-refractivity contribution in [3.63, 3.8) is 0 Å². The van der Waals surface area contributed by atoms with Crippen molar-refractivity contribution in [3.05, 3.63) is 29.3 Å². The van der Waals surface area contributed by atoms with E-state index >= 15 is 0 Å². The molecule has 0 saturated carbocycles. The molecule has 0 aromatic heterocycles. The number of fused-ring (bicyclic) bond motifs is 1. The van der Waals surface area contributed by atoms with Crippen LogP contribution in [0.25, 0.3) is 0 Å². The van der Waals surface area contributed by atoms with Gasteiger partial charge in [0.1, 0.15) is 24.1 Å². The van der Waals surface area contributed by atoms with Crippen LogP contribution >= 0.6 is 0 Å². The quantitative estimate of drug-likeness (QED) is 0.793. The molecule has 0 bridgehead atoms. The number of hydrogen-bond donors (Lipinski definition) is 2. The Morgan fingerprint density at radius 2 is 2.23 bits per heavy atom. The average molecular weight is 302 g/mol. The number of aliphatic hydroxyl groups excluding tert-OH is 1. The monoisotopic (exact) mass is 302 g/mol. The topological polar surface area (TPSA) is 91.6 Å². The first-order chi connectivity index (χ1) is 10.4. The number of nitrogens with zero attached hydrogens (tertiary/aromatic N) is 1. The molecule has 2 aliphatic heterocycles. The van der Waals surface area contributed by atoms with E-state index < -0.39 is 17.7 Å². The van der Waals surface area contributed by atoms with E-state index in [9.17, 15) is 9.90 Å². The van der Waals surface area contributed by atoms with Gasteiger partial charge in [0.05, 0.1) is 30.1 Å². The van der Waals surface area contributed by atoms with Crippen molar-refractivity contribution < 1.29 is 19.4 Å². The molecule has 0 spiro atoms. The predicted molar refractivity (Wildman–Crippen MR) is 77.1 cm³/mol. The van der Waals surface area contributed by atoms with E-state index in [0.717, 1.165) is 5.56 Å². The zero-order valence-electron chi connectivity index (χ0n) is 12.5. The van der Waals surface area contributed by atoms with Crippen molar-refractivity contribution in [2.45, 2.75) is 44.1 Å². The van der Waals surface area contributed by atoms with E-state index in [1.165, 1.54) is 0 Å². The standard InChI is InChI=1S/C16H18N2O4/c1-16(2)15(20)14(18-10-6-13(19)21-8-10)11-5-9(7-17)3-4-12(11)22-16/h3-5,10,14-15,18,20H,6,8H2,1-2H3/t10?,14-,15+/m0/s1. The number of cyclic esters (lactones) is 1. The maximum Gasteiger partial charge on any atom is 0.307 e. The Hall–Kier alpha value is -2.10. The van der Waals surface area contributed by atoms with Gasteiger partial charge in [-0.15, -0.1) is 0 Å². The SMILES string of the molecule is CC1(C)Oc2ccc(C#N)cc2[C@H](NC2COC(=O)C2)[C@H]1O. The molecule has 2 N–H and O–H groups in total. The van der Waals surface area contributed by atoms with Gasteiger partial charge < -0.3 is 19.9 Å². The van der Waals surface area contributed by atoms with Gasteiger partial charge in [-0.25, -0.2) is 0 Å². The summed E-state index contributed by atoms with van der Waals surface area (Å²) in [7, 11) is 0. The molecule has 3 atom stereocenters. The molecule has 1 fully saturated rings. The van der Waals surface area contributed by atoms with Gasteiger partial charge >= 0.3 is 5.97 Å². The Balaban J connectivity index is 1.96. The highest BCUT2D eigenvalue weighted by molar-refractivity contribution is 5.72. The summed E-state index contributed by atoms with van der Waals surface area (Å²) in [6, 6.07) is 6.65. The molecule has 0 aliphatic carbocycles. The van der Waals surface area contributed by atoms with Gasteiger partial charge in [-0.2, -0.15) is 5.26 Å². The van der Waals surface area contributed by atoms with E-state index in [1.54, 1.807) is 18.2 Å². The Morgan fingerprint density at radius 3 is 2.86 bits per heavy atom. The lowest BCUT2D eigenvalue weighted by Gasteiger charge is -2.43. The fourth-order valence-electron chi connectivity index (χ4n) is 2.92. The molecule has 1 aromatic carbocycles. The molecule has 2 heterocycles. The van der Waals surface area contributed by atoms with Crippen LogP contribution in [0.4, 0.5) is 0 Å². The first kappa shape index (κ1) is 14.8. The Labute approximate surface area is 128 Å². The second-order valence-corrected chi connectivity index (χ2v) is 6.24. The number of nitrogens with one attached hydrogen (secondary N) is 1. The molecular weight excluding hydrogens is 284 g/mol. The van der Waals surface area contributed by atoms with Gasteiger partial charge in [0.15, 0.2) is 0 Å². The van der Waals surface area contributed by atoms with Crippen molar-refractivity contribution in [1.82, 2.24) is 5.32 Å². The number of esters is 1. The van der Waals surface area contributed by atoms with E-state index in [1.807, 2.05) is 13.8 Å². The van der Waals surface area contributed by atoms with Crippen LogP contribution < -0.4 is 10.1 Å². The van der Waals surface area contributed by atoms with Crippen molar-refractivity contribution in [2.24, 2.45) is 0 Å². The minimum atomic E-state index is -0.815. The Kier molecular flexibility index (Phi) is 3.55. The third-order valence-corrected chi connectivity index (χ3v) is 4.15. The predicted octanol–water partition coefficient (Wildman–Crippen LogP) is 1.04. The molecule has 6 nitrogen and oxygen atoms in total. The van der Waals surface area contributed by atoms with E-state index in [4.69, 9.17) is 14.7 Å². The van der Waals surface area contributed by atoms with Crippen molar-refractivity contribution in [2.75, 3.05) is 6.61 Å². The van der Waals surface area contributed by atoms with Crippen LogP contribution in [0.5, 0.6) is 5.75 Å². The summed E-state index contributed by atoms with van der Waals surface area (Å²) in [6.07, 6.45) is -0.540. The first-order valence-electron chi connectivity index (χ1n) is 7.23. The number of ether oxygens (including phenoxy) is 2. The molecule has 3 rings (SSSR count). The lowest BCUT2D eigenvalue weighted by atomic mass is 9.85. The minimum absolute atomic E-state index is 0.153. The average Bonchev–Trinajstić information content (AvgIpc) is 2.88. The molecule has 116 valence electrons. The minimum Gasteiger partial charge on any atom is -0.485 e. The number of benzene rings is 1. The van der Waals surface area contributed by atoms with Gasteiger partial charge in [-0.05, 0) is 32.0 Å². The number of aliphatic hydroxyl groups is 1. The number of hydrogen-bond acceptors (Lipinski definition) is 6. The van der Waals surface area contributed by atoms with Crippen LogP contribution in [0.2, 0.25) is 0 Å². The van der Waals surface area contributed by atoms with Crippen LogP contribution in [0.3, 0.4) is 0 Å². The smallest absolute Gasteiger partial charge is 0.307 e. The molecule has 6 heteroatoms. The second kappa shape index (κ2) is 5.27. The third-order valence-electron chi connectivity index (χ3n) is 4.15. The van der Waals surface area contributed by atoms with Gasteiger partial charge in [0.2, 0.25) is 0 Å². The second-order valence-electron chi connectivity index (χ2n) is 6.24. The van der Waals surface area contributed by atoms with E-state index in [0.29, 0.717) is 11.3 Å². The highest BCUT2D eigenvalue weighted by Gasteiger charge is 2.44. The number of nitriles is 1. The summed E-state index contributed by atoms with van der Waals surface area (Å²) in [5, 5.41) is 23.0. The van der Waals surface area contributed by atoms with E-state index in [-0.39, 0.29) is 25.0 Å². The fourth-order valence-corrected chi connectivity index (χ4v) is 2.92. The number of carbonyl (C=O) groups is 1. The first-order valence-corrected chi connectivity index (χ1v) is 7.23. The molecular formula is C16H18N2O4. The summed E-state index contributed by atoms with van der Waals surface area (Å²) in [5.74, 6) is 0.390. The fraction of sp³-hybridized carbons (Fsp3) is 0.500. The molecule has 2 aliphatic rings. The third kappa shape index (κ3) is 2.54. The summed E-state index contributed by atoms with van der Waals surface area (Å²) in [5.41, 5.74) is 0.451. The van der Waals surface area contributed by atoms with Gasteiger partial charge in [0.25, 0.3) is 0 Å². The van der Waals surface area contributed by atoms with Crippen molar-refractivity contribution in [1.29, 1.82) is 5.26 Å². The highest BCUT2D eigenvalue weighted by Crippen LogP contribution is 2.40. The van der Waals surface area contributed by atoms with E-state index in [2.05, 4.69) is 11.4 Å². The summed E-state index contributed by atoms with van der Waals surface area (Å²) < 4.78 is 10.8. The molecule has 0 radical (unpaired) electrons. The molecule has 0 amide bonds. The van der Waals surface area contributed by atoms with Crippen LogP contribution in [0, 0.1) is 11.3 Å². The summed E-state index contributed by atoms with van der Waals surface area (Å²) in [4.78, 5) is 11.3. The lowest BCUT2D eigenvalue weighted by molar-refractivity contribution is -0.137. The summed E-state index contributed by atoms with van der Waals surface area (Å²) in [6.45, 7) is 3.91. The lowest BCUT2D eigenvalue weighted by Crippen LogP contribution is -2.54. The molecule has 1 unspecified atom stereocenters. The molecule has 1 aromatic rings. The normalized spacial score (nSPS) is 29.2. The van der Waals surface area contributed by atoms with Gasteiger partial charge in [-0.3, -0.25) is 4.79 Å². The van der Waals surface area contributed by atoms with Gasteiger partial charge in [0, 0.05) is 5.56 Å². The Bertz CT molecular complexity index is 650. The largest absolute Gasteiger partial charge is 0.485 e. The number of carbonyl (C=O) groups excluding carboxylic acids is 1. The summed E-state index contributed by atoms with van der Waals surface area (Å²) >= 11 is 0. The zero-order chi connectivity index (χ0) is 15.9. The van der Waals surface area contributed by atoms with Crippen LogP contribution in [0.1, 0.15) is 37.4 Å². The van der Waals surface area contributed by atoms with Crippen LogP contribution in [-0.4, -0.2) is 35.4 Å². The van der Waals surface area contributed by atoms with Crippen molar-refractivity contribution in [3.8, 4) is 11.8 Å². The zero-order valence-corrected chi connectivity index (χ0v) is 12.5. The maximum atomic E-state index is 11.3. The maximum absolute atomic E-state index is 11.3. The van der Waals surface area contributed by atoms with Crippen LogP contribution in [-0.2, 0) is 9.53 Å². The van der Waals surface area contributed by atoms with Crippen molar-refractivity contribution >= 4 is 5.97 Å². The highest BCUT2D eigenvalue weighted by atomic mass is 16.5. The molecule has 22 heavy (non-hydrogen) atoms. The van der Waals surface area contributed by atoms with Gasteiger partial charge in [-0.1, -0.05) is 0 Å².